The monoisotopic (exact) mass is 147 g/mol. The van der Waals surface area contributed by atoms with Gasteiger partial charge in [0, 0.05) is 0 Å². The van der Waals surface area contributed by atoms with Crippen LogP contribution in [0.5, 0.6) is 0 Å². The molecule has 5 N–H and O–H groups in total. The fraction of sp³-hybridized carbons (Fsp3) is 0.500. The standard InChI is InChI=1S/C4H9N3O3/c5-1-4(9)7-10-2-3(6)8/h1-2,5H2,(H2,6,8)(H,7,9). The Morgan fingerprint density at radius 3 is 2.50 bits per heavy atom. The van der Waals surface area contributed by atoms with Crippen LogP contribution >= 0.6 is 0 Å². The van der Waals surface area contributed by atoms with E-state index >= 15 is 0 Å². The van der Waals surface area contributed by atoms with E-state index in [1.807, 2.05) is 5.48 Å². The van der Waals surface area contributed by atoms with Crippen molar-refractivity contribution in [2.75, 3.05) is 13.2 Å². The molecule has 0 unspecified atom stereocenters. The third-order valence-corrected chi connectivity index (χ3v) is 0.586. The zero-order valence-electron chi connectivity index (χ0n) is 5.29. The van der Waals surface area contributed by atoms with Crippen molar-refractivity contribution < 1.29 is 14.4 Å². The summed E-state index contributed by atoms with van der Waals surface area (Å²) in [4.78, 5) is 24.6. The minimum Gasteiger partial charge on any atom is -0.368 e. The number of carbonyl (C=O) groups is 2. The van der Waals surface area contributed by atoms with Gasteiger partial charge in [0.15, 0.2) is 6.61 Å². The molecule has 0 aromatic rings. The van der Waals surface area contributed by atoms with Crippen LogP contribution in [-0.2, 0) is 14.4 Å². The summed E-state index contributed by atoms with van der Waals surface area (Å²) < 4.78 is 0. The van der Waals surface area contributed by atoms with Crippen molar-refractivity contribution in [3.63, 3.8) is 0 Å². The first-order valence-corrected chi connectivity index (χ1v) is 2.56. The second kappa shape index (κ2) is 4.71. The third-order valence-electron chi connectivity index (χ3n) is 0.586. The van der Waals surface area contributed by atoms with Gasteiger partial charge in [0.2, 0.25) is 5.91 Å². The van der Waals surface area contributed by atoms with E-state index in [-0.39, 0.29) is 13.2 Å². The highest BCUT2D eigenvalue weighted by Crippen LogP contribution is 1.65. The summed E-state index contributed by atoms with van der Waals surface area (Å²) in [6.45, 7) is -0.523. The van der Waals surface area contributed by atoms with E-state index in [0.717, 1.165) is 0 Å². The fourth-order valence-corrected chi connectivity index (χ4v) is 0.229. The van der Waals surface area contributed by atoms with Crippen LogP contribution in [0.4, 0.5) is 0 Å². The lowest BCUT2D eigenvalue weighted by atomic mass is 10.6. The molecule has 58 valence electrons. The molecule has 0 aromatic carbocycles. The Labute approximate surface area is 57.5 Å². The molecule has 0 atom stereocenters. The zero-order valence-corrected chi connectivity index (χ0v) is 5.29. The van der Waals surface area contributed by atoms with Gasteiger partial charge in [-0.2, -0.15) is 0 Å². The molecule has 0 aliphatic rings. The van der Waals surface area contributed by atoms with Gasteiger partial charge in [-0.05, 0) is 0 Å². The van der Waals surface area contributed by atoms with Gasteiger partial charge in [0.05, 0.1) is 6.54 Å². The minimum absolute atomic E-state index is 0.182. The van der Waals surface area contributed by atoms with Crippen molar-refractivity contribution in [3.05, 3.63) is 0 Å². The number of hydroxylamine groups is 1. The number of carbonyl (C=O) groups excluding carboxylic acids is 2. The Morgan fingerprint density at radius 1 is 1.50 bits per heavy atom. The molecule has 2 amide bonds. The van der Waals surface area contributed by atoms with Crippen LogP contribution < -0.4 is 16.9 Å². The average molecular weight is 147 g/mol. The Hall–Kier alpha value is -1.14. The van der Waals surface area contributed by atoms with Crippen molar-refractivity contribution in [1.82, 2.24) is 5.48 Å². The van der Waals surface area contributed by atoms with Crippen LogP contribution in [0.3, 0.4) is 0 Å². The summed E-state index contributed by atoms with van der Waals surface area (Å²) in [5.41, 5.74) is 11.5. The molecule has 0 heterocycles. The number of hydrogen-bond acceptors (Lipinski definition) is 4. The van der Waals surface area contributed by atoms with Crippen LogP contribution in [0.25, 0.3) is 0 Å². The van der Waals surface area contributed by atoms with Crippen molar-refractivity contribution in [3.8, 4) is 0 Å². The van der Waals surface area contributed by atoms with Crippen LogP contribution in [0.2, 0.25) is 0 Å². The lowest BCUT2D eigenvalue weighted by Gasteiger charge is -1.99. The summed E-state index contributed by atoms with van der Waals surface area (Å²) >= 11 is 0. The van der Waals surface area contributed by atoms with Gasteiger partial charge in [0.25, 0.3) is 5.91 Å². The quantitative estimate of drug-likeness (QED) is 0.381. The number of amides is 2. The molecule has 0 rings (SSSR count). The van der Waals surface area contributed by atoms with Gasteiger partial charge >= 0.3 is 0 Å². The largest absolute Gasteiger partial charge is 0.368 e. The molecule has 6 heteroatoms. The highest BCUT2D eigenvalue weighted by atomic mass is 16.7. The Balaban J connectivity index is 3.20. The Kier molecular flexibility index (Phi) is 4.17. The molecule has 0 aliphatic carbocycles. The predicted molar refractivity (Wildman–Crippen MR) is 32.3 cm³/mol. The topological polar surface area (TPSA) is 107 Å². The van der Waals surface area contributed by atoms with E-state index in [1.54, 1.807) is 0 Å². The normalized spacial score (nSPS) is 8.90. The van der Waals surface area contributed by atoms with Gasteiger partial charge in [-0.1, -0.05) is 0 Å². The summed E-state index contributed by atoms with van der Waals surface area (Å²) in [6.07, 6.45) is 0. The summed E-state index contributed by atoms with van der Waals surface area (Å²) in [5.74, 6) is -1.15. The van der Waals surface area contributed by atoms with Crippen molar-refractivity contribution in [1.29, 1.82) is 0 Å². The predicted octanol–water partition coefficient (Wildman–Crippen LogP) is -2.52. The van der Waals surface area contributed by atoms with Gasteiger partial charge in [-0.15, -0.1) is 0 Å². The first-order valence-electron chi connectivity index (χ1n) is 2.56. The second-order valence-electron chi connectivity index (χ2n) is 1.48. The van der Waals surface area contributed by atoms with Crippen molar-refractivity contribution >= 4 is 11.8 Å². The molecular formula is C4H9N3O3. The Morgan fingerprint density at radius 2 is 2.10 bits per heavy atom. The maximum absolute atomic E-state index is 10.3. The highest BCUT2D eigenvalue weighted by molar-refractivity contribution is 5.77. The van der Waals surface area contributed by atoms with Crippen molar-refractivity contribution in [2.24, 2.45) is 11.5 Å². The van der Waals surface area contributed by atoms with Crippen molar-refractivity contribution in [2.45, 2.75) is 0 Å². The minimum atomic E-state index is -0.655. The molecule has 0 spiro atoms. The second-order valence-corrected chi connectivity index (χ2v) is 1.48. The van der Waals surface area contributed by atoms with Gasteiger partial charge in [-0.25, -0.2) is 5.48 Å². The van der Waals surface area contributed by atoms with Crippen LogP contribution in [0.1, 0.15) is 0 Å². The SMILES string of the molecule is NCC(=O)NOCC(N)=O. The smallest absolute Gasteiger partial charge is 0.257 e. The van der Waals surface area contributed by atoms with Crippen LogP contribution in [0, 0.1) is 0 Å². The molecule has 10 heavy (non-hydrogen) atoms. The van der Waals surface area contributed by atoms with Crippen LogP contribution in [0.15, 0.2) is 0 Å². The molecule has 0 saturated carbocycles. The van der Waals surface area contributed by atoms with Gasteiger partial charge in [-0.3, -0.25) is 14.4 Å². The molecule has 0 fully saturated rings. The highest BCUT2D eigenvalue weighted by Gasteiger charge is 1.97. The van der Waals surface area contributed by atoms with E-state index in [1.165, 1.54) is 0 Å². The molecule has 0 aliphatic heterocycles. The molecule has 0 radical (unpaired) electrons. The zero-order chi connectivity index (χ0) is 7.98. The number of nitrogens with two attached hydrogens (primary N) is 2. The fourth-order valence-electron chi connectivity index (χ4n) is 0.229. The van der Waals surface area contributed by atoms with Gasteiger partial charge in [0.1, 0.15) is 0 Å². The maximum atomic E-state index is 10.3. The summed E-state index contributed by atoms with van der Waals surface area (Å²) in [6, 6.07) is 0. The number of hydrogen-bond donors (Lipinski definition) is 3. The average Bonchev–Trinajstić information content (AvgIpc) is 1.87. The first kappa shape index (κ1) is 8.86. The summed E-state index contributed by atoms with van der Waals surface area (Å²) in [5, 5.41) is 0. The number of rotatable bonds is 4. The third kappa shape index (κ3) is 5.01. The van der Waals surface area contributed by atoms with E-state index in [0.29, 0.717) is 0 Å². The molecule has 6 nitrogen and oxygen atoms in total. The molecular weight excluding hydrogens is 138 g/mol. The first-order chi connectivity index (χ1) is 4.66. The Bertz CT molecular complexity index is 136. The van der Waals surface area contributed by atoms with E-state index < -0.39 is 11.8 Å². The van der Waals surface area contributed by atoms with E-state index in [2.05, 4.69) is 10.6 Å². The lowest BCUT2D eigenvalue weighted by molar-refractivity contribution is -0.136. The molecule has 0 bridgehead atoms. The van der Waals surface area contributed by atoms with Gasteiger partial charge < -0.3 is 11.5 Å². The lowest BCUT2D eigenvalue weighted by Crippen LogP contribution is -2.33. The molecule has 0 saturated heterocycles. The van der Waals surface area contributed by atoms with Crippen LogP contribution in [-0.4, -0.2) is 25.0 Å². The maximum Gasteiger partial charge on any atom is 0.257 e. The number of nitrogens with one attached hydrogen (secondary N) is 1. The molecule has 0 aromatic heterocycles. The van der Waals surface area contributed by atoms with E-state index in [9.17, 15) is 9.59 Å². The number of primary amides is 1. The summed E-state index contributed by atoms with van der Waals surface area (Å²) in [7, 11) is 0. The van der Waals surface area contributed by atoms with E-state index in [4.69, 9.17) is 5.73 Å².